The van der Waals surface area contributed by atoms with Crippen molar-refractivity contribution < 1.29 is 26.7 Å². The molecule has 0 bridgehead atoms. The molecule has 0 aliphatic heterocycles. The molecular weight excluding hydrogens is 331 g/mol. The van der Waals surface area contributed by atoms with Crippen molar-refractivity contribution in [2.75, 3.05) is 6.54 Å². The maximum Gasteiger partial charge on any atom is 0.389 e. The van der Waals surface area contributed by atoms with E-state index in [4.69, 9.17) is 16.7 Å². The molecule has 0 saturated carbocycles. The third-order valence-electron chi connectivity index (χ3n) is 2.68. The van der Waals surface area contributed by atoms with E-state index in [1.807, 2.05) is 0 Å². The molecule has 0 atom stereocenters. The Morgan fingerprint density at radius 2 is 1.90 bits per heavy atom. The number of halogens is 4. The van der Waals surface area contributed by atoms with E-state index in [-0.39, 0.29) is 34.9 Å². The Hall–Kier alpha value is -0.830. The molecule has 0 aliphatic carbocycles. The molecule has 1 rings (SSSR count). The lowest BCUT2D eigenvalue weighted by Gasteiger charge is -2.09. The molecule has 0 aliphatic rings. The highest BCUT2D eigenvalue weighted by Gasteiger charge is 2.26. The highest BCUT2D eigenvalue weighted by atomic mass is 35.5. The molecular formula is C12H15ClF3NO3S. The molecule has 21 heavy (non-hydrogen) atoms. The predicted molar refractivity (Wildman–Crippen MR) is 72.5 cm³/mol. The van der Waals surface area contributed by atoms with Crippen LogP contribution in [0.5, 0.6) is 0 Å². The second kappa shape index (κ2) is 7.44. The van der Waals surface area contributed by atoms with Crippen LogP contribution in [0.4, 0.5) is 13.2 Å². The Morgan fingerprint density at radius 1 is 1.24 bits per heavy atom. The van der Waals surface area contributed by atoms with E-state index in [0.717, 1.165) is 0 Å². The smallest absolute Gasteiger partial charge is 0.389 e. The summed E-state index contributed by atoms with van der Waals surface area (Å²) in [6.07, 6.45) is -5.23. The van der Waals surface area contributed by atoms with Crippen LogP contribution in [-0.2, 0) is 16.6 Å². The zero-order valence-electron chi connectivity index (χ0n) is 11.0. The first kappa shape index (κ1) is 18.2. The summed E-state index contributed by atoms with van der Waals surface area (Å²) in [4.78, 5) is -0.0910. The van der Waals surface area contributed by atoms with Crippen molar-refractivity contribution in [1.29, 1.82) is 0 Å². The van der Waals surface area contributed by atoms with Crippen molar-refractivity contribution in [3.8, 4) is 0 Å². The molecule has 0 aromatic heterocycles. The first-order chi connectivity index (χ1) is 9.65. The van der Waals surface area contributed by atoms with Gasteiger partial charge in [0.25, 0.3) is 0 Å². The van der Waals surface area contributed by atoms with Crippen LogP contribution in [0.15, 0.2) is 23.1 Å². The van der Waals surface area contributed by atoms with Gasteiger partial charge in [0, 0.05) is 18.0 Å². The Bertz CT molecular complexity index is 576. The van der Waals surface area contributed by atoms with Gasteiger partial charge in [0.05, 0.1) is 11.5 Å². The van der Waals surface area contributed by atoms with E-state index >= 15 is 0 Å². The molecule has 0 fully saturated rings. The maximum atomic E-state index is 11.9. The van der Waals surface area contributed by atoms with Gasteiger partial charge in [-0.2, -0.15) is 13.2 Å². The molecule has 1 aromatic rings. The summed E-state index contributed by atoms with van der Waals surface area (Å²) in [7, 11) is -3.83. The molecule has 4 nitrogen and oxygen atoms in total. The zero-order chi connectivity index (χ0) is 16.1. The molecule has 2 N–H and O–H groups in total. The van der Waals surface area contributed by atoms with Gasteiger partial charge in [0.1, 0.15) is 0 Å². The number of unbranched alkanes of at least 4 members (excludes halogenated alkanes) is 1. The minimum atomic E-state index is -4.23. The molecule has 0 amide bonds. The molecule has 0 unspecified atom stereocenters. The SMILES string of the molecule is O=S(=O)(NCCCCC(F)(F)F)c1ccc(Cl)c(CO)c1. The van der Waals surface area contributed by atoms with Crippen molar-refractivity contribution in [2.24, 2.45) is 0 Å². The van der Waals surface area contributed by atoms with E-state index < -0.39 is 29.2 Å². The first-order valence-electron chi connectivity index (χ1n) is 6.11. The van der Waals surface area contributed by atoms with E-state index in [2.05, 4.69) is 4.72 Å². The van der Waals surface area contributed by atoms with Crippen molar-refractivity contribution in [2.45, 2.75) is 36.9 Å². The Kier molecular flexibility index (Phi) is 6.45. The number of benzene rings is 1. The second-order valence-electron chi connectivity index (χ2n) is 4.38. The summed E-state index contributed by atoms with van der Waals surface area (Å²) < 4.78 is 61.8. The quantitative estimate of drug-likeness (QED) is 0.747. The molecule has 0 heterocycles. The van der Waals surface area contributed by atoms with Gasteiger partial charge in [-0.15, -0.1) is 0 Å². The highest BCUT2D eigenvalue weighted by Crippen LogP contribution is 2.22. The summed E-state index contributed by atoms with van der Waals surface area (Å²) in [5.41, 5.74) is 0.261. The van der Waals surface area contributed by atoms with Crippen molar-refractivity contribution in [3.05, 3.63) is 28.8 Å². The Labute approximate surface area is 126 Å². The number of aliphatic hydroxyl groups is 1. The third kappa shape index (κ3) is 6.21. The third-order valence-corrected chi connectivity index (χ3v) is 4.50. The number of hydrogen-bond donors (Lipinski definition) is 2. The Morgan fingerprint density at radius 3 is 2.48 bits per heavy atom. The maximum absolute atomic E-state index is 11.9. The van der Waals surface area contributed by atoms with Crippen molar-refractivity contribution >= 4 is 21.6 Å². The van der Waals surface area contributed by atoms with Gasteiger partial charge in [-0.25, -0.2) is 13.1 Å². The first-order valence-corrected chi connectivity index (χ1v) is 7.97. The molecule has 9 heteroatoms. The number of hydrogen-bond acceptors (Lipinski definition) is 3. The minimum Gasteiger partial charge on any atom is -0.392 e. The van der Waals surface area contributed by atoms with Gasteiger partial charge in [-0.05, 0) is 36.6 Å². The zero-order valence-corrected chi connectivity index (χ0v) is 12.5. The predicted octanol–water partition coefficient (Wildman–Crippen LogP) is 2.84. The summed E-state index contributed by atoms with van der Waals surface area (Å²) >= 11 is 5.75. The van der Waals surface area contributed by atoms with Gasteiger partial charge in [-0.3, -0.25) is 0 Å². The Balaban J connectivity index is 2.58. The van der Waals surface area contributed by atoms with Crippen LogP contribution in [0.3, 0.4) is 0 Å². The number of sulfonamides is 1. The molecule has 120 valence electrons. The average molecular weight is 346 g/mol. The van der Waals surface area contributed by atoms with Crippen LogP contribution in [0.1, 0.15) is 24.8 Å². The fourth-order valence-electron chi connectivity index (χ4n) is 1.58. The fraction of sp³-hybridized carbons (Fsp3) is 0.500. The normalized spacial score (nSPS) is 12.6. The van der Waals surface area contributed by atoms with Crippen LogP contribution < -0.4 is 4.72 Å². The molecule has 0 radical (unpaired) electrons. The molecule has 0 spiro atoms. The van der Waals surface area contributed by atoms with Gasteiger partial charge in [0.15, 0.2) is 0 Å². The van der Waals surface area contributed by atoms with E-state index in [0.29, 0.717) is 0 Å². The van der Waals surface area contributed by atoms with Gasteiger partial charge >= 0.3 is 6.18 Å². The van der Waals surface area contributed by atoms with Crippen molar-refractivity contribution in [1.82, 2.24) is 4.72 Å². The topological polar surface area (TPSA) is 66.4 Å². The lowest BCUT2D eigenvalue weighted by atomic mass is 10.2. The summed E-state index contributed by atoms with van der Waals surface area (Å²) in [6, 6.07) is 3.82. The lowest BCUT2D eigenvalue weighted by molar-refractivity contribution is -0.135. The van der Waals surface area contributed by atoms with E-state index in [1.54, 1.807) is 0 Å². The fourth-order valence-corrected chi connectivity index (χ4v) is 2.88. The van der Waals surface area contributed by atoms with Crippen LogP contribution >= 0.6 is 11.6 Å². The van der Waals surface area contributed by atoms with Gasteiger partial charge in [-0.1, -0.05) is 11.6 Å². The van der Waals surface area contributed by atoms with Gasteiger partial charge in [0.2, 0.25) is 10.0 Å². The van der Waals surface area contributed by atoms with Crippen molar-refractivity contribution in [3.63, 3.8) is 0 Å². The summed E-state index contributed by atoms with van der Waals surface area (Å²) in [6.45, 7) is -0.497. The van der Waals surface area contributed by atoms with E-state index in [9.17, 15) is 21.6 Å². The van der Waals surface area contributed by atoms with Crippen LogP contribution in [0.2, 0.25) is 5.02 Å². The van der Waals surface area contributed by atoms with Crippen LogP contribution in [-0.4, -0.2) is 26.2 Å². The number of nitrogens with one attached hydrogen (secondary N) is 1. The largest absolute Gasteiger partial charge is 0.392 e. The molecule has 1 aromatic carbocycles. The number of aliphatic hydroxyl groups excluding tert-OH is 1. The average Bonchev–Trinajstić information content (AvgIpc) is 2.37. The highest BCUT2D eigenvalue weighted by molar-refractivity contribution is 7.89. The van der Waals surface area contributed by atoms with Crippen LogP contribution in [0.25, 0.3) is 0 Å². The number of rotatable bonds is 7. The molecule has 0 saturated heterocycles. The minimum absolute atomic E-state index is 0.0825. The van der Waals surface area contributed by atoms with Gasteiger partial charge < -0.3 is 5.11 Å². The standard InChI is InChI=1S/C12H15ClF3NO3S/c13-11-4-3-10(7-9(11)8-18)21(19,20)17-6-2-1-5-12(14,15)16/h3-4,7,17-18H,1-2,5-6,8H2. The number of alkyl halides is 3. The second-order valence-corrected chi connectivity index (χ2v) is 6.56. The van der Waals surface area contributed by atoms with Crippen LogP contribution in [0, 0.1) is 0 Å². The van der Waals surface area contributed by atoms with E-state index in [1.165, 1.54) is 18.2 Å². The lowest BCUT2D eigenvalue weighted by Crippen LogP contribution is -2.25. The summed E-state index contributed by atoms with van der Waals surface area (Å²) in [5, 5.41) is 9.26. The monoisotopic (exact) mass is 345 g/mol. The summed E-state index contributed by atoms with van der Waals surface area (Å²) in [5.74, 6) is 0.